The molecule has 3 N–H and O–H groups in total. The minimum atomic E-state index is -1.10. The number of benzene rings is 2. The number of carbonyl (C=O) groups excluding carboxylic acids is 3. The van der Waals surface area contributed by atoms with Gasteiger partial charge in [-0.15, -0.1) is 0 Å². The van der Waals surface area contributed by atoms with Crippen LogP contribution in [0.5, 0.6) is 0 Å². The first-order valence-corrected chi connectivity index (χ1v) is 10.3. The second-order valence-corrected chi connectivity index (χ2v) is 8.38. The molecule has 0 bridgehead atoms. The predicted octanol–water partition coefficient (Wildman–Crippen LogP) is 3.24. The lowest BCUT2D eigenvalue weighted by atomic mass is 9.98. The van der Waals surface area contributed by atoms with Crippen LogP contribution in [0.2, 0.25) is 0 Å². The van der Waals surface area contributed by atoms with Gasteiger partial charge in [0.05, 0.1) is 6.07 Å². The molecule has 3 aromatic rings. The zero-order chi connectivity index (χ0) is 24.9. The molecule has 0 spiro atoms. The lowest BCUT2D eigenvalue weighted by Gasteiger charge is -2.23. The molecule has 1 aromatic heterocycles. The lowest BCUT2D eigenvalue weighted by molar-refractivity contribution is -0.402. The number of carbonyl (C=O) groups is 3. The molecule has 1 heterocycles. The molecule has 3 rings (SSSR count). The second-order valence-electron chi connectivity index (χ2n) is 8.38. The van der Waals surface area contributed by atoms with Crippen LogP contribution in [0.3, 0.4) is 0 Å². The Labute approximate surface area is 194 Å². The number of furan rings is 1. The Morgan fingerprint density at radius 2 is 1.74 bits per heavy atom. The van der Waals surface area contributed by atoms with Gasteiger partial charge in [0.2, 0.25) is 5.76 Å². The minimum Gasteiger partial charge on any atom is -0.444 e. The van der Waals surface area contributed by atoms with E-state index in [1.807, 2.05) is 42.5 Å². The SMILES string of the molecule is CC(C)(C)OC(=O)NC(Cc1cccc2ccccc12)C(=O)NNC(=O)c1ccc([N+](=O)[O-])o1. The number of nitro groups is 1. The van der Waals surface area contributed by atoms with Gasteiger partial charge in [0, 0.05) is 6.42 Å². The summed E-state index contributed by atoms with van der Waals surface area (Å²) in [4.78, 5) is 47.4. The van der Waals surface area contributed by atoms with Gasteiger partial charge in [-0.2, -0.15) is 0 Å². The molecule has 1 unspecified atom stereocenters. The summed E-state index contributed by atoms with van der Waals surface area (Å²) >= 11 is 0. The number of amides is 3. The molecule has 0 aliphatic rings. The normalized spacial score (nSPS) is 12.0. The number of nitrogens with one attached hydrogen (secondary N) is 3. The van der Waals surface area contributed by atoms with E-state index in [9.17, 15) is 24.5 Å². The molecule has 11 heteroatoms. The van der Waals surface area contributed by atoms with Crippen molar-refractivity contribution in [1.29, 1.82) is 0 Å². The van der Waals surface area contributed by atoms with Gasteiger partial charge in [0.15, 0.2) is 0 Å². The van der Waals surface area contributed by atoms with Crippen molar-refractivity contribution in [2.45, 2.75) is 38.8 Å². The zero-order valence-electron chi connectivity index (χ0n) is 18.8. The maximum Gasteiger partial charge on any atom is 0.433 e. The highest BCUT2D eigenvalue weighted by Crippen LogP contribution is 2.20. The summed E-state index contributed by atoms with van der Waals surface area (Å²) in [5.74, 6) is -2.61. The van der Waals surface area contributed by atoms with E-state index in [0.717, 1.165) is 28.5 Å². The van der Waals surface area contributed by atoms with Crippen LogP contribution in [0, 0.1) is 10.1 Å². The summed E-state index contributed by atoms with van der Waals surface area (Å²) in [7, 11) is 0. The van der Waals surface area contributed by atoms with Gasteiger partial charge in [0.25, 0.3) is 5.91 Å². The Morgan fingerprint density at radius 3 is 2.41 bits per heavy atom. The first-order chi connectivity index (χ1) is 16.0. The fourth-order valence-electron chi connectivity index (χ4n) is 3.16. The van der Waals surface area contributed by atoms with Gasteiger partial charge < -0.3 is 14.5 Å². The van der Waals surface area contributed by atoms with Crippen molar-refractivity contribution < 1.29 is 28.5 Å². The number of hydrogen-bond donors (Lipinski definition) is 3. The third-order valence-corrected chi connectivity index (χ3v) is 4.61. The molecule has 0 radical (unpaired) electrons. The monoisotopic (exact) mass is 468 g/mol. The van der Waals surface area contributed by atoms with E-state index < -0.39 is 40.4 Å². The first kappa shape index (κ1) is 24.2. The molecule has 0 saturated heterocycles. The van der Waals surface area contributed by atoms with Crippen LogP contribution in [-0.2, 0) is 16.0 Å². The van der Waals surface area contributed by atoms with Crippen LogP contribution in [0.1, 0.15) is 36.9 Å². The average molecular weight is 468 g/mol. The summed E-state index contributed by atoms with van der Waals surface area (Å²) in [6.45, 7) is 5.07. The number of hydrazine groups is 1. The van der Waals surface area contributed by atoms with Gasteiger partial charge in [-0.25, -0.2) is 4.79 Å². The van der Waals surface area contributed by atoms with Crippen molar-refractivity contribution >= 4 is 34.6 Å². The van der Waals surface area contributed by atoms with E-state index in [0.29, 0.717) is 0 Å². The summed E-state index contributed by atoms with van der Waals surface area (Å²) in [6.07, 6.45) is -0.699. The highest BCUT2D eigenvalue weighted by molar-refractivity contribution is 5.94. The van der Waals surface area contributed by atoms with E-state index in [1.54, 1.807) is 20.8 Å². The molecule has 178 valence electrons. The van der Waals surface area contributed by atoms with Crippen LogP contribution in [0.15, 0.2) is 59.0 Å². The van der Waals surface area contributed by atoms with E-state index >= 15 is 0 Å². The number of rotatable bonds is 6. The molecule has 0 aliphatic heterocycles. The smallest absolute Gasteiger partial charge is 0.433 e. The third kappa shape index (κ3) is 6.31. The Hall–Kier alpha value is -4.41. The average Bonchev–Trinajstić information content (AvgIpc) is 3.26. The topological polar surface area (TPSA) is 153 Å². The second kappa shape index (κ2) is 10.0. The van der Waals surface area contributed by atoms with E-state index in [2.05, 4.69) is 16.2 Å². The van der Waals surface area contributed by atoms with Gasteiger partial charge in [0.1, 0.15) is 16.6 Å². The molecule has 3 amide bonds. The van der Waals surface area contributed by atoms with Crippen LogP contribution in [-0.4, -0.2) is 34.5 Å². The Bertz CT molecular complexity index is 1220. The molecule has 1 atom stereocenters. The van der Waals surface area contributed by atoms with Crippen molar-refractivity contribution in [1.82, 2.24) is 16.2 Å². The standard InChI is InChI=1S/C23H24N4O7/c1-23(2,3)34-22(30)24-17(13-15-9-6-8-14-7-4-5-10-16(14)15)20(28)25-26-21(29)18-11-12-19(33-18)27(31)32/h4-12,17H,13H2,1-3H3,(H,24,30)(H,25,28)(H,26,29). The summed E-state index contributed by atoms with van der Waals surface area (Å²) < 4.78 is 10.1. The maximum atomic E-state index is 12.9. The molecule has 2 aromatic carbocycles. The Balaban J connectivity index is 1.76. The third-order valence-electron chi connectivity index (χ3n) is 4.61. The van der Waals surface area contributed by atoms with E-state index in [1.165, 1.54) is 0 Å². The molecule has 0 fully saturated rings. The predicted molar refractivity (Wildman–Crippen MR) is 122 cm³/mol. The summed E-state index contributed by atoms with van der Waals surface area (Å²) in [5, 5.41) is 15.1. The van der Waals surface area contributed by atoms with Crippen molar-refractivity contribution in [2.24, 2.45) is 0 Å². The number of fused-ring (bicyclic) bond motifs is 1. The highest BCUT2D eigenvalue weighted by atomic mass is 16.6. The molecule has 34 heavy (non-hydrogen) atoms. The van der Waals surface area contributed by atoms with Gasteiger partial charge in [-0.3, -0.25) is 30.6 Å². The number of nitrogens with zero attached hydrogens (tertiary/aromatic N) is 1. The first-order valence-electron chi connectivity index (χ1n) is 10.3. The molecule has 0 aliphatic carbocycles. The van der Waals surface area contributed by atoms with Crippen LogP contribution >= 0.6 is 0 Å². The van der Waals surface area contributed by atoms with E-state index in [-0.39, 0.29) is 12.2 Å². The number of alkyl carbamates (subject to hydrolysis) is 1. The number of hydrogen-bond acceptors (Lipinski definition) is 7. The Morgan fingerprint density at radius 1 is 1.03 bits per heavy atom. The molecular formula is C23H24N4O7. The van der Waals surface area contributed by atoms with E-state index in [4.69, 9.17) is 9.15 Å². The summed E-state index contributed by atoms with van der Waals surface area (Å²) in [5.41, 5.74) is 4.36. The molecule has 11 nitrogen and oxygen atoms in total. The fourth-order valence-corrected chi connectivity index (χ4v) is 3.16. The van der Waals surface area contributed by atoms with Crippen molar-refractivity contribution in [3.8, 4) is 0 Å². The largest absolute Gasteiger partial charge is 0.444 e. The number of ether oxygens (including phenoxy) is 1. The molecule has 0 saturated carbocycles. The minimum absolute atomic E-state index is 0.106. The van der Waals surface area contributed by atoms with Gasteiger partial charge >= 0.3 is 17.9 Å². The van der Waals surface area contributed by atoms with Crippen LogP contribution in [0.25, 0.3) is 10.8 Å². The van der Waals surface area contributed by atoms with Crippen LogP contribution < -0.4 is 16.2 Å². The van der Waals surface area contributed by atoms with Crippen LogP contribution in [0.4, 0.5) is 10.7 Å². The van der Waals surface area contributed by atoms with Crippen molar-refractivity contribution in [3.05, 3.63) is 76.0 Å². The van der Waals surface area contributed by atoms with Gasteiger partial charge in [-0.05, 0) is 43.2 Å². The lowest BCUT2D eigenvalue weighted by Crippen LogP contribution is -2.53. The maximum absolute atomic E-state index is 12.9. The Kier molecular flexibility index (Phi) is 7.15. The van der Waals surface area contributed by atoms with Crippen molar-refractivity contribution in [3.63, 3.8) is 0 Å². The quantitative estimate of drug-likeness (QED) is 0.371. The van der Waals surface area contributed by atoms with Gasteiger partial charge in [-0.1, -0.05) is 42.5 Å². The van der Waals surface area contributed by atoms with Crippen molar-refractivity contribution in [2.75, 3.05) is 0 Å². The highest BCUT2D eigenvalue weighted by Gasteiger charge is 2.26. The fraction of sp³-hybridized carbons (Fsp3) is 0.261. The summed E-state index contributed by atoms with van der Waals surface area (Å²) in [6, 6.07) is 14.2. The zero-order valence-corrected chi connectivity index (χ0v) is 18.8. The molecular weight excluding hydrogens is 444 g/mol.